The van der Waals surface area contributed by atoms with E-state index in [4.69, 9.17) is 0 Å². The van der Waals surface area contributed by atoms with Crippen molar-refractivity contribution in [3.63, 3.8) is 0 Å². The Bertz CT molecular complexity index is 491. The van der Waals surface area contributed by atoms with Crippen LogP contribution in [0.1, 0.15) is 61.6 Å². The van der Waals surface area contributed by atoms with E-state index in [0.29, 0.717) is 0 Å². The first kappa shape index (κ1) is 15.5. The lowest BCUT2D eigenvalue weighted by atomic mass is 10.1. The van der Waals surface area contributed by atoms with Crippen molar-refractivity contribution in [2.24, 2.45) is 0 Å². The maximum atomic E-state index is 12.1. The maximum Gasteiger partial charge on any atom is 0.261 e. The Kier molecular flexibility index (Phi) is 5.80. The van der Waals surface area contributed by atoms with E-state index in [1.807, 2.05) is 13.8 Å². The van der Waals surface area contributed by atoms with Crippen LogP contribution >= 0.6 is 0 Å². The third-order valence-corrected chi connectivity index (χ3v) is 3.21. The lowest BCUT2D eigenvalue weighted by Crippen LogP contribution is -2.36. The number of carbonyl (C=O) groups excluding carboxylic acids is 1. The van der Waals surface area contributed by atoms with Crippen LogP contribution in [0.2, 0.25) is 0 Å². The quantitative estimate of drug-likeness (QED) is 0.829. The fourth-order valence-corrected chi connectivity index (χ4v) is 2.17. The molecular formula is C15H24N2O2. The van der Waals surface area contributed by atoms with E-state index in [0.717, 1.165) is 36.9 Å². The van der Waals surface area contributed by atoms with Crippen molar-refractivity contribution in [1.82, 2.24) is 10.3 Å². The minimum Gasteiger partial charge on any atom is -0.349 e. The van der Waals surface area contributed by atoms with Gasteiger partial charge in [0.1, 0.15) is 5.56 Å². The van der Waals surface area contributed by atoms with Crippen LogP contribution in [-0.2, 0) is 6.42 Å². The molecule has 0 radical (unpaired) electrons. The van der Waals surface area contributed by atoms with Gasteiger partial charge in [-0.1, -0.05) is 26.7 Å². The molecule has 1 atom stereocenters. The molecule has 1 heterocycles. The Hall–Kier alpha value is -1.58. The van der Waals surface area contributed by atoms with Gasteiger partial charge in [0.25, 0.3) is 11.5 Å². The average molecular weight is 264 g/mol. The summed E-state index contributed by atoms with van der Waals surface area (Å²) in [5.74, 6) is -0.278. The molecule has 106 valence electrons. The van der Waals surface area contributed by atoms with Crippen LogP contribution in [0.15, 0.2) is 10.9 Å². The first-order valence-electron chi connectivity index (χ1n) is 7.03. The number of amides is 1. The molecule has 0 spiro atoms. The molecule has 0 saturated heterocycles. The van der Waals surface area contributed by atoms with Gasteiger partial charge in [-0.25, -0.2) is 0 Å². The zero-order valence-corrected chi connectivity index (χ0v) is 12.3. The Balaban J connectivity index is 2.96. The van der Waals surface area contributed by atoms with E-state index in [9.17, 15) is 9.59 Å². The highest BCUT2D eigenvalue weighted by Gasteiger charge is 2.14. The van der Waals surface area contributed by atoms with Crippen LogP contribution in [0, 0.1) is 6.92 Å². The van der Waals surface area contributed by atoms with Gasteiger partial charge in [-0.2, -0.15) is 0 Å². The number of H-pyrrole nitrogens is 1. The summed E-state index contributed by atoms with van der Waals surface area (Å²) in [6, 6.07) is 1.82. The summed E-state index contributed by atoms with van der Waals surface area (Å²) in [6.45, 7) is 7.97. The molecule has 1 amide bonds. The zero-order chi connectivity index (χ0) is 14.4. The number of hydrogen-bond donors (Lipinski definition) is 2. The molecular weight excluding hydrogens is 240 g/mol. The van der Waals surface area contributed by atoms with Gasteiger partial charge in [-0.15, -0.1) is 0 Å². The highest BCUT2D eigenvalue weighted by molar-refractivity contribution is 5.94. The van der Waals surface area contributed by atoms with Gasteiger partial charge in [-0.05, 0) is 38.3 Å². The summed E-state index contributed by atoms with van der Waals surface area (Å²) in [5.41, 5.74) is 1.80. The van der Waals surface area contributed by atoms with Crippen molar-refractivity contribution < 1.29 is 4.79 Å². The van der Waals surface area contributed by atoms with Gasteiger partial charge in [0, 0.05) is 11.7 Å². The van der Waals surface area contributed by atoms with Crippen molar-refractivity contribution in [3.8, 4) is 0 Å². The number of carbonyl (C=O) groups is 1. The molecule has 0 saturated carbocycles. The monoisotopic (exact) mass is 264 g/mol. The second kappa shape index (κ2) is 7.12. The molecule has 4 nitrogen and oxygen atoms in total. The summed E-state index contributed by atoms with van der Waals surface area (Å²) in [6.07, 6.45) is 3.78. The van der Waals surface area contributed by atoms with E-state index in [2.05, 4.69) is 24.1 Å². The van der Waals surface area contributed by atoms with Crippen molar-refractivity contribution in [2.75, 3.05) is 0 Å². The van der Waals surface area contributed by atoms with E-state index < -0.39 is 0 Å². The zero-order valence-electron chi connectivity index (χ0n) is 12.3. The number of aryl methyl sites for hydroxylation is 2. The molecule has 2 N–H and O–H groups in total. The third kappa shape index (κ3) is 4.23. The standard InChI is InChI=1S/C15H24N2O2/c1-5-7-10(3)16-14(18)13-9-12(8-6-2)11(4)17-15(13)19/h9-10H,5-8H2,1-4H3,(H,16,18)(H,17,19)/t10-/m1/s1. The number of hydrogen-bond acceptors (Lipinski definition) is 2. The second-order valence-corrected chi connectivity index (χ2v) is 5.08. The van der Waals surface area contributed by atoms with E-state index in [1.54, 1.807) is 6.07 Å². The first-order valence-corrected chi connectivity index (χ1v) is 7.03. The summed E-state index contributed by atoms with van der Waals surface area (Å²) in [4.78, 5) is 26.7. The molecule has 19 heavy (non-hydrogen) atoms. The van der Waals surface area contributed by atoms with Gasteiger partial charge in [0.2, 0.25) is 0 Å². The molecule has 1 aromatic rings. The Morgan fingerprint density at radius 1 is 1.37 bits per heavy atom. The summed E-state index contributed by atoms with van der Waals surface area (Å²) in [5, 5.41) is 2.87. The number of aromatic amines is 1. The minimum absolute atomic E-state index is 0.0906. The van der Waals surface area contributed by atoms with E-state index in [-0.39, 0.29) is 23.1 Å². The molecule has 1 aromatic heterocycles. The average Bonchev–Trinajstić information content (AvgIpc) is 2.32. The fourth-order valence-electron chi connectivity index (χ4n) is 2.17. The second-order valence-electron chi connectivity index (χ2n) is 5.08. The van der Waals surface area contributed by atoms with Crippen LogP contribution < -0.4 is 10.9 Å². The van der Waals surface area contributed by atoms with Crippen LogP contribution in [0.4, 0.5) is 0 Å². The minimum atomic E-state index is -0.307. The highest BCUT2D eigenvalue weighted by Crippen LogP contribution is 2.08. The predicted molar refractivity (Wildman–Crippen MR) is 77.6 cm³/mol. The normalized spacial score (nSPS) is 12.2. The number of rotatable bonds is 6. The molecule has 0 aliphatic heterocycles. The van der Waals surface area contributed by atoms with Crippen molar-refractivity contribution in [1.29, 1.82) is 0 Å². The molecule has 0 aliphatic carbocycles. The summed E-state index contributed by atoms with van der Waals surface area (Å²) >= 11 is 0. The highest BCUT2D eigenvalue weighted by atomic mass is 16.2. The van der Waals surface area contributed by atoms with Gasteiger partial charge >= 0.3 is 0 Å². The Morgan fingerprint density at radius 3 is 2.63 bits per heavy atom. The van der Waals surface area contributed by atoms with Crippen LogP contribution in [-0.4, -0.2) is 16.9 Å². The van der Waals surface area contributed by atoms with Crippen LogP contribution in [0.3, 0.4) is 0 Å². The molecule has 0 unspecified atom stereocenters. The van der Waals surface area contributed by atoms with E-state index >= 15 is 0 Å². The molecule has 1 rings (SSSR count). The smallest absolute Gasteiger partial charge is 0.261 e. The Morgan fingerprint density at radius 2 is 2.05 bits per heavy atom. The fraction of sp³-hybridized carbons (Fsp3) is 0.600. The maximum absolute atomic E-state index is 12.1. The van der Waals surface area contributed by atoms with Crippen LogP contribution in [0.5, 0.6) is 0 Å². The van der Waals surface area contributed by atoms with Crippen molar-refractivity contribution in [3.05, 3.63) is 33.2 Å². The molecule has 0 aromatic carbocycles. The van der Waals surface area contributed by atoms with Gasteiger partial charge in [0.05, 0.1) is 0 Å². The van der Waals surface area contributed by atoms with Gasteiger partial charge in [-0.3, -0.25) is 9.59 Å². The molecule has 0 bridgehead atoms. The van der Waals surface area contributed by atoms with Gasteiger partial charge in [0.15, 0.2) is 0 Å². The lowest BCUT2D eigenvalue weighted by Gasteiger charge is -2.13. The summed E-state index contributed by atoms with van der Waals surface area (Å²) in [7, 11) is 0. The predicted octanol–water partition coefficient (Wildman–Crippen LogP) is 2.55. The molecule has 0 fully saturated rings. The lowest BCUT2D eigenvalue weighted by molar-refractivity contribution is 0.0936. The SMILES string of the molecule is CCCc1cc(C(=O)N[C@H](C)CCC)c(=O)[nH]c1C. The Labute approximate surface area is 114 Å². The van der Waals surface area contributed by atoms with Crippen molar-refractivity contribution in [2.45, 2.75) is 59.4 Å². The molecule has 4 heteroatoms. The number of nitrogens with one attached hydrogen (secondary N) is 2. The number of aromatic nitrogens is 1. The van der Waals surface area contributed by atoms with Crippen molar-refractivity contribution >= 4 is 5.91 Å². The molecule has 0 aliphatic rings. The summed E-state index contributed by atoms with van der Waals surface area (Å²) < 4.78 is 0. The van der Waals surface area contributed by atoms with Gasteiger partial charge < -0.3 is 10.3 Å². The van der Waals surface area contributed by atoms with E-state index in [1.165, 1.54) is 0 Å². The first-order chi connectivity index (χ1) is 8.99. The topological polar surface area (TPSA) is 62.0 Å². The third-order valence-electron chi connectivity index (χ3n) is 3.21. The van der Waals surface area contributed by atoms with Crippen LogP contribution in [0.25, 0.3) is 0 Å². The number of pyridine rings is 1. The largest absolute Gasteiger partial charge is 0.349 e.